The molecule has 0 fully saturated rings. The van der Waals surface area contributed by atoms with E-state index in [-0.39, 0.29) is 11.7 Å². The Kier molecular flexibility index (Phi) is 5.25. The number of carbonyl (C=O) groups is 1. The quantitative estimate of drug-likeness (QED) is 0.311. The molecule has 0 atom stereocenters. The lowest BCUT2D eigenvalue weighted by Gasteiger charge is -2.08. The number of nitrogens with zero attached hydrogens (tertiary/aromatic N) is 2. The largest absolute Gasteiger partial charge is 0.451 e. The summed E-state index contributed by atoms with van der Waals surface area (Å²) >= 11 is 1.34. The Balaban J connectivity index is 1.79. The van der Waals surface area contributed by atoms with Crippen molar-refractivity contribution in [3.05, 3.63) is 59.9 Å². The van der Waals surface area contributed by atoms with Crippen LogP contribution in [0.4, 0.5) is 11.4 Å². The van der Waals surface area contributed by atoms with E-state index in [0.717, 1.165) is 10.9 Å². The lowest BCUT2D eigenvalue weighted by molar-refractivity contribution is 0.0998. The molecular formula is C19H16N4O2S. The molecule has 6 nitrogen and oxygen atoms in total. The number of aliphatic imine (C=N–C) groups is 1. The van der Waals surface area contributed by atoms with Crippen LogP contribution in [0, 0.1) is 18.4 Å². The van der Waals surface area contributed by atoms with Gasteiger partial charge in [-0.25, -0.2) is 4.99 Å². The number of nitrogens with one attached hydrogen (secondary N) is 2. The van der Waals surface area contributed by atoms with Crippen molar-refractivity contribution >= 4 is 45.2 Å². The number of rotatable bonds is 3. The molecule has 2 aromatic carbocycles. The van der Waals surface area contributed by atoms with Gasteiger partial charge in [-0.1, -0.05) is 30.0 Å². The predicted molar refractivity (Wildman–Crippen MR) is 105 cm³/mol. The third-order valence-electron chi connectivity index (χ3n) is 3.69. The van der Waals surface area contributed by atoms with Gasteiger partial charge in [0.15, 0.2) is 17.1 Å². The van der Waals surface area contributed by atoms with Gasteiger partial charge in [0.2, 0.25) is 0 Å². The Morgan fingerprint density at radius 1 is 1.23 bits per heavy atom. The molecular weight excluding hydrogens is 348 g/mol. The van der Waals surface area contributed by atoms with Crippen molar-refractivity contribution in [3.63, 3.8) is 0 Å². The lowest BCUT2D eigenvalue weighted by Crippen LogP contribution is -2.13. The minimum atomic E-state index is -0.309. The molecule has 1 aromatic heterocycles. The fraction of sp³-hybridized carbons (Fsp3) is 0.105. The van der Waals surface area contributed by atoms with Crippen LogP contribution in [0.3, 0.4) is 0 Å². The molecule has 0 saturated carbocycles. The van der Waals surface area contributed by atoms with Gasteiger partial charge >= 0.3 is 0 Å². The zero-order chi connectivity index (χ0) is 18.5. The van der Waals surface area contributed by atoms with Crippen LogP contribution in [0.5, 0.6) is 0 Å². The van der Waals surface area contributed by atoms with E-state index >= 15 is 0 Å². The molecule has 130 valence electrons. The number of thioether (sulfide) groups is 1. The first-order valence-corrected chi connectivity index (χ1v) is 9.01. The highest BCUT2D eigenvalue weighted by molar-refractivity contribution is 8.13. The van der Waals surface area contributed by atoms with E-state index in [9.17, 15) is 4.79 Å². The standard InChI is InChI=1S/C19H16N4O2S/c1-12-9-14(22-19(26-2)21-11-20)7-8-15(12)23-18(24)17-10-13-5-3-4-6-16(13)25-17/h3-10H,1-2H3,(H,21,22)(H,23,24). The number of aryl methyl sites for hydroxylation is 1. The second-order valence-electron chi connectivity index (χ2n) is 5.46. The third-order valence-corrected chi connectivity index (χ3v) is 4.27. The van der Waals surface area contributed by atoms with Crippen LogP contribution in [0.2, 0.25) is 0 Å². The Bertz CT molecular complexity index is 1000. The summed E-state index contributed by atoms with van der Waals surface area (Å²) in [4.78, 5) is 16.8. The summed E-state index contributed by atoms with van der Waals surface area (Å²) in [5.41, 5.74) is 2.89. The number of nitriles is 1. The summed E-state index contributed by atoms with van der Waals surface area (Å²) in [6.07, 6.45) is 3.68. The van der Waals surface area contributed by atoms with Crippen molar-refractivity contribution in [1.82, 2.24) is 5.32 Å². The molecule has 26 heavy (non-hydrogen) atoms. The van der Waals surface area contributed by atoms with Crippen molar-refractivity contribution in [2.45, 2.75) is 6.92 Å². The number of benzene rings is 2. The maximum Gasteiger partial charge on any atom is 0.291 e. The van der Waals surface area contributed by atoms with E-state index in [4.69, 9.17) is 9.68 Å². The van der Waals surface area contributed by atoms with Gasteiger partial charge in [-0.2, -0.15) is 5.26 Å². The van der Waals surface area contributed by atoms with Crippen molar-refractivity contribution < 1.29 is 9.21 Å². The number of para-hydroxylation sites is 1. The Morgan fingerprint density at radius 2 is 2.04 bits per heavy atom. The normalized spacial score (nSPS) is 11.2. The van der Waals surface area contributed by atoms with E-state index in [1.165, 1.54) is 11.8 Å². The maximum atomic E-state index is 12.4. The minimum absolute atomic E-state index is 0.260. The van der Waals surface area contributed by atoms with Crippen LogP contribution in [-0.4, -0.2) is 17.3 Å². The fourth-order valence-corrected chi connectivity index (χ4v) is 2.77. The SMILES string of the molecule is CSC(=Nc1ccc(NC(=O)c2cc3ccccc3o2)c(C)c1)NC#N. The average molecular weight is 364 g/mol. The fourth-order valence-electron chi connectivity index (χ4n) is 2.43. The van der Waals surface area contributed by atoms with Gasteiger partial charge in [0.25, 0.3) is 5.91 Å². The molecule has 0 saturated heterocycles. The smallest absolute Gasteiger partial charge is 0.291 e. The summed E-state index contributed by atoms with van der Waals surface area (Å²) < 4.78 is 5.58. The number of hydrogen-bond donors (Lipinski definition) is 2. The van der Waals surface area contributed by atoms with E-state index < -0.39 is 0 Å². The summed E-state index contributed by atoms with van der Waals surface area (Å²) in [5.74, 6) is -0.0490. The number of amides is 1. The van der Waals surface area contributed by atoms with E-state index in [0.29, 0.717) is 22.1 Å². The molecule has 3 aromatic rings. The van der Waals surface area contributed by atoms with Gasteiger partial charge in [-0.3, -0.25) is 10.1 Å². The van der Waals surface area contributed by atoms with Gasteiger partial charge in [-0.05, 0) is 49.1 Å². The van der Waals surface area contributed by atoms with Gasteiger partial charge in [0.1, 0.15) is 5.58 Å². The highest BCUT2D eigenvalue weighted by Gasteiger charge is 2.13. The topological polar surface area (TPSA) is 90.4 Å². The Hall–Kier alpha value is -3.24. The zero-order valence-corrected chi connectivity index (χ0v) is 15.1. The number of hydrogen-bond acceptors (Lipinski definition) is 5. The third kappa shape index (κ3) is 3.87. The monoisotopic (exact) mass is 364 g/mol. The van der Waals surface area contributed by atoms with Crippen LogP contribution in [0.25, 0.3) is 11.0 Å². The minimum Gasteiger partial charge on any atom is -0.451 e. The predicted octanol–water partition coefficient (Wildman–Crippen LogP) is 4.41. The average Bonchev–Trinajstić information content (AvgIpc) is 3.08. The first kappa shape index (κ1) is 17.6. The van der Waals surface area contributed by atoms with Crippen molar-refractivity contribution in [1.29, 1.82) is 5.26 Å². The second-order valence-corrected chi connectivity index (χ2v) is 6.25. The van der Waals surface area contributed by atoms with Gasteiger partial charge in [0.05, 0.1) is 5.69 Å². The van der Waals surface area contributed by atoms with Crippen LogP contribution >= 0.6 is 11.8 Å². The van der Waals surface area contributed by atoms with Gasteiger partial charge in [-0.15, -0.1) is 0 Å². The molecule has 0 spiro atoms. The highest BCUT2D eigenvalue weighted by Crippen LogP contribution is 2.24. The number of carbonyl (C=O) groups excluding carboxylic acids is 1. The number of amidine groups is 1. The Morgan fingerprint density at radius 3 is 2.73 bits per heavy atom. The highest BCUT2D eigenvalue weighted by atomic mass is 32.2. The van der Waals surface area contributed by atoms with Crippen LogP contribution in [-0.2, 0) is 0 Å². The second kappa shape index (κ2) is 7.76. The molecule has 3 rings (SSSR count). The number of fused-ring (bicyclic) bond motifs is 1. The van der Waals surface area contributed by atoms with Crippen LogP contribution in [0.15, 0.2) is 57.9 Å². The van der Waals surface area contributed by atoms with Crippen molar-refractivity contribution in [3.8, 4) is 6.19 Å². The zero-order valence-electron chi connectivity index (χ0n) is 14.2. The first-order valence-electron chi connectivity index (χ1n) is 7.79. The molecule has 0 unspecified atom stereocenters. The maximum absolute atomic E-state index is 12.4. The van der Waals surface area contributed by atoms with Crippen molar-refractivity contribution in [2.24, 2.45) is 4.99 Å². The molecule has 1 heterocycles. The molecule has 7 heteroatoms. The molecule has 0 radical (unpaired) electrons. The summed E-state index contributed by atoms with van der Waals surface area (Å²) in [6, 6.07) is 14.6. The molecule has 0 aliphatic heterocycles. The molecule has 2 N–H and O–H groups in total. The van der Waals surface area contributed by atoms with Gasteiger partial charge < -0.3 is 9.73 Å². The molecule has 1 amide bonds. The number of anilines is 1. The van der Waals surface area contributed by atoms with Crippen molar-refractivity contribution in [2.75, 3.05) is 11.6 Å². The summed E-state index contributed by atoms with van der Waals surface area (Å²) in [6.45, 7) is 1.88. The van der Waals surface area contributed by atoms with E-state index in [1.807, 2.05) is 49.7 Å². The van der Waals surface area contributed by atoms with Crippen LogP contribution < -0.4 is 10.6 Å². The lowest BCUT2D eigenvalue weighted by atomic mass is 10.1. The van der Waals surface area contributed by atoms with Crippen LogP contribution in [0.1, 0.15) is 16.1 Å². The Labute approximate surface area is 154 Å². The molecule has 0 aliphatic rings. The molecule has 0 aliphatic carbocycles. The van der Waals surface area contributed by atoms with E-state index in [1.54, 1.807) is 18.2 Å². The number of furan rings is 1. The van der Waals surface area contributed by atoms with E-state index in [2.05, 4.69) is 15.6 Å². The first-order chi connectivity index (χ1) is 12.6. The van der Waals surface area contributed by atoms with Gasteiger partial charge in [0, 0.05) is 11.1 Å². The summed E-state index contributed by atoms with van der Waals surface area (Å²) in [7, 11) is 0. The molecule has 0 bridgehead atoms. The summed E-state index contributed by atoms with van der Waals surface area (Å²) in [5, 5.41) is 15.5.